The minimum absolute atomic E-state index is 0. The van der Waals surface area contributed by atoms with Crippen LogP contribution in [0.25, 0.3) is 0 Å². The highest BCUT2D eigenvalue weighted by Gasteiger charge is 2.31. The molecule has 1 heterocycles. The second kappa shape index (κ2) is 9.18. The number of alkyl halides is 1. The van der Waals surface area contributed by atoms with Gasteiger partial charge in [0.25, 0.3) is 0 Å². The molecule has 4 nitrogen and oxygen atoms in total. The van der Waals surface area contributed by atoms with Crippen molar-refractivity contribution in [2.24, 2.45) is 0 Å². The molecule has 1 aliphatic heterocycles. The summed E-state index contributed by atoms with van der Waals surface area (Å²) in [6.07, 6.45) is 0. The fourth-order valence-electron chi connectivity index (χ4n) is 2.75. The molecule has 1 aliphatic rings. The molecule has 7 heteroatoms. The van der Waals surface area contributed by atoms with Crippen molar-refractivity contribution < 1.29 is 31.1 Å². The third-order valence-corrected chi connectivity index (χ3v) is 4.94. The van der Waals surface area contributed by atoms with Crippen LogP contribution in [0.4, 0.5) is 0 Å². The molecular formula is C15H22BrCl2NO3. The van der Waals surface area contributed by atoms with Crippen molar-refractivity contribution in [1.82, 2.24) is 0 Å². The zero-order valence-corrected chi connectivity index (χ0v) is 16.0. The molecule has 0 atom stereocenters. The molecule has 1 aromatic rings. The topological polar surface area (TPSA) is 27.7 Å². The molecule has 126 valence electrons. The minimum atomic E-state index is 0. The standard InChI is InChI=1S/C15H22BrClNO3.ClH/c1-19-14-9-12(13(16)10-15(14)20-2)11-18(4-3-17)5-7-21-8-6-18;/h9-10H,3-8,11H2,1-2H3;1H/q+1;/p-1. The Morgan fingerprint density at radius 2 is 1.77 bits per heavy atom. The van der Waals surface area contributed by atoms with Gasteiger partial charge in [-0.15, -0.1) is 11.6 Å². The summed E-state index contributed by atoms with van der Waals surface area (Å²) >= 11 is 9.67. The Kier molecular flexibility index (Phi) is 8.28. The summed E-state index contributed by atoms with van der Waals surface area (Å²) in [4.78, 5) is 0. The quantitative estimate of drug-likeness (QED) is 0.486. The number of hydrogen-bond donors (Lipinski definition) is 0. The average molecular weight is 415 g/mol. The molecule has 0 aliphatic carbocycles. The Labute approximate surface area is 151 Å². The van der Waals surface area contributed by atoms with Crippen molar-refractivity contribution in [1.29, 1.82) is 0 Å². The first-order chi connectivity index (χ1) is 10.1. The highest BCUT2D eigenvalue weighted by atomic mass is 79.9. The zero-order chi connectivity index (χ0) is 15.3. The van der Waals surface area contributed by atoms with E-state index in [9.17, 15) is 0 Å². The van der Waals surface area contributed by atoms with Crippen LogP contribution in [-0.2, 0) is 11.3 Å². The van der Waals surface area contributed by atoms with Crippen LogP contribution in [0.5, 0.6) is 11.5 Å². The van der Waals surface area contributed by atoms with Gasteiger partial charge in [0, 0.05) is 10.0 Å². The predicted molar refractivity (Wildman–Crippen MR) is 87.4 cm³/mol. The monoisotopic (exact) mass is 413 g/mol. The van der Waals surface area contributed by atoms with Gasteiger partial charge in [0.15, 0.2) is 11.5 Å². The van der Waals surface area contributed by atoms with Crippen LogP contribution in [0.3, 0.4) is 0 Å². The molecule has 0 bridgehead atoms. The van der Waals surface area contributed by atoms with Crippen LogP contribution in [0.2, 0.25) is 0 Å². The lowest BCUT2D eigenvalue weighted by Gasteiger charge is -2.41. The van der Waals surface area contributed by atoms with Gasteiger partial charge in [-0.1, -0.05) is 15.9 Å². The summed E-state index contributed by atoms with van der Waals surface area (Å²) < 4.78 is 18.2. The maximum Gasteiger partial charge on any atom is 0.161 e. The number of methoxy groups -OCH3 is 2. The van der Waals surface area contributed by atoms with E-state index in [-0.39, 0.29) is 12.4 Å². The van der Waals surface area contributed by atoms with E-state index >= 15 is 0 Å². The largest absolute Gasteiger partial charge is 1.00 e. The maximum absolute atomic E-state index is 6.02. The average Bonchev–Trinajstić information content (AvgIpc) is 2.50. The fourth-order valence-corrected chi connectivity index (χ4v) is 3.56. The second-order valence-electron chi connectivity index (χ2n) is 5.27. The molecule has 0 radical (unpaired) electrons. The Morgan fingerprint density at radius 1 is 1.18 bits per heavy atom. The van der Waals surface area contributed by atoms with E-state index in [0.29, 0.717) is 5.88 Å². The van der Waals surface area contributed by atoms with E-state index in [2.05, 4.69) is 15.9 Å². The van der Waals surface area contributed by atoms with Crippen LogP contribution >= 0.6 is 27.5 Å². The van der Waals surface area contributed by atoms with Gasteiger partial charge in [-0.25, -0.2) is 0 Å². The first-order valence-corrected chi connectivity index (χ1v) is 8.36. The van der Waals surface area contributed by atoms with E-state index in [1.54, 1.807) is 14.2 Å². The van der Waals surface area contributed by atoms with Gasteiger partial charge in [-0.3, -0.25) is 0 Å². The van der Waals surface area contributed by atoms with Crippen molar-refractivity contribution in [2.75, 3.05) is 52.9 Å². The maximum atomic E-state index is 6.02. The van der Waals surface area contributed by atoms with Gasteiger partial charge in [0.1, 0.15) is 19.6 Å². The Hall–Kier alpha value is -0.200. The first kappa shape index (κ1) is 19.8. The molecule has 0 amide bonds. The van der Waals surface area contributed by atoms with E-state index < -0.39 is 0 Å². The van der Waals surface area contributed by atoms with Gasteiger partial charge in [0.2, 0.25) is 0 Å². The predicted octanol–water partition coefficient (Wildman–Crippen LogP) is 0.0561. The molecule has 0 saturated carbocycles. The highest BCUT2D eigenvalue weighted by molar-refractivity contribution is 9.10. The van der Waals surface area contributed by atoms with Gasteiger partial charge in [0.05, 0.1) is 39.9 Å². The van der Waals surface area contributed by atoms with Gasteiger partial charge in [-0.05, 0) is 12.1 Å². The Morgan fingerprint density at radius 3 is 2.32 bits per heavy atom. The van der Waals surface area contributed by atoms with Crippen LogP contribution in [-0.4, -0.2) is 57.4 Å². The van der Waals surface area contributed by atoms with Crippen LogP contribution in [0.1, 0.15) is 5.56 Å². The highest BCUT2D eigenvalue weighted by Crippen LogP contribution is 2.35. The molecule has 1 fully saturated rings. The number of halogens is 3. The third kappa shape index (κ3) is 4.65. The summed E-state index contributed by atoms with van der Waals surface area (Å²) in [5.41, 5.74) is 1.21. The number of ether oxygens (including phenoxy) is 3. The number of hydrogen-bond acceptors (Lipinski definition) is 3. The third-order valence-electron chi connectivity index (χ3n) is 4.04. The van der Waals surface area contributed by atoms with E-state index in [1.165, 1.54) is 5.56 Å². The van der Waals surface area contributed by atoms with Crippen molar-refractivity contribution in [3.8, 4) is 11.5 Å². The normalized spacial score (nSPS) is 16.7. The van der Waals surface area contributed by atoms with Gasteiger partial charge < -0.3 is 31.1 Å². The number of nitrogens with zero attached hydrogens (tertiary/aromatic N) is 1. The van der Waals surface area contributed by atoms with E-state index in [4.69, 9.17) is 25.8 Å². The SMILES string of the molecule is COc1cc(Br)c(C[N+]2(CCCl)CCOCC2)cc1OC.[Cl-]. The number of quaternary nitrogens is 1. The Balaban J connectivity index is 0.00000242. The summed E-state index contributed by atoms with van der Waals surface area (Å²) in [5, 5.41) is 0. The molecular weight excluding hydrogens is 393 g/mol. The fraction of sp³-hybridized carbons (Fsp3) is 0.600. The zero-order valence-electron chi connectivity index (χ0n) is 12.9. The lowest BCUT2D eigenvalue weighted by Crippen LogP contribution is -3.00. The van der Waals surface area contributed by atoms with Crippen molar-refractivity contribution >= 4 is 27.5 Å². The molecule has 2 rings (SSSR count). The summed E-state index contributed by atoms with van der Waals surface area (Å²) in [7, 11) is 3.31. The number of rotatable bonds is 6. The van der Waals surface area contributed by atoms with Gasteiger partial charge >= 0.3 is 0 Å². The summed E-state index contributed by atoms with van der Waals surface area (Å²) in [6, 6.07) is 4.01. The molecule has 22 heavy (non-hydrogen) atoms. The molecule has 0 unspecified atom stereocenters. The molecule has 0 N–H and O–H groups in total. The van der Waals surface area contributed by atoms with Gasteiger partial charge in [-0.2, -0.15) is 0 Å². The van der Waals surface area contributed by atoms with E-state index in [1.807, 2.05) is 12.1 Å². The van der Waals surface area contributed by atoms with Crippen LogP contribution < -0.4 is 21.9 Å². The molecule has 0 aromatic heterocycles. The lowest BCUT2D eigenvalue weighted by atomic mass is 10.1. The van der Waals surface area contributed by atoms with Crippen molar-refractivity contribution in [2.45, 2.75) is 6.54 Å². The van der Waals surface area contributed by atoms with E-state index in [0.717, 1.165) is 59.8 Å². The molecule has 1 aromatic carbocycles. The molecule has 1 saturated heterocycles. The van der Waals surface area contributed by atoms with Crippen LogP contribution in [0, 0.1) is 0 Å². The summed E-state index contributed by atoms with van der Waals surface area (Å²) in [6.45, 7) is 5.44. The van der Waals surface area contributed by atoms with Crippen molar-refractivity contribution in [3.05, 3.63) is 22.2 Å². The lowest BCUT2D eigenvalue weighted by molar-refractivity contribution is -0.945. The Bertz CT molecular complexity index is 477. The number of morpholine rings is 1. The van der Waals surface area contributed by atoms with Crippen molar-refractivity contribution in [3.63, 3.8) is 0 Å². The minimum Gasteiger partial charge on any atom is -1.00 e. The second-order valence-corrected chi connectivity index (χ2v) is 6.50. The first-order valence-electron chi connectivity index (χ1n) is 7.03. The summed E-state index contributed by atoms with van der Waals surface area (Å²) in [5.74, 6) is 2.15. The smallest absolute Gasteiger partial charge is 0.161 e. The number of benzene rings is 1. The van der Waals surface area contributed by atoms with Crippen LogP contribution in [0.15, 0.2) is 16.6 Å². The molecule has 0 spiro atoms.